The Hall–Kier alpha value is -2.90. The number of ether oxygens (including phenoxy) is 1. The van der Waals surface area contributed by atoms with Crippen molar-refractivity contribution in [3.63, 3.8) is 0 Å². The number of hydrogen-bond acceptors (Lipinski definition) is 5. The molecule has 8 heteroatoms. The molecule has 3 amide bonds. The molecule has 0 radical (unpaired) electrons. The van der Waals surface area contributed by atoms with Crippen molar-refractivity contribution in [1.29, 1.82) is 0 Å². The van der Waals surface area contributed by atoms with Crippen molar-refractivity contribution in [2.24, 2.45) is 0 Å². The largest absolute Gasteiger partial charge is 0.444 e. The van der Waals surface area contributed by atoms with Crippen LogP contribution >= 0.6 is 0 Å². The van der Waals surface area contributed by atoms with Crippen molar-refractivity contribution in [1.82, 2.24) is 15.5 Å². The van der Waals surface area contributed by atoms with Crippen molar-refractivity contribution >= 4 is 23.7 Å². The van der Waals surface area contributed by atoms with Gasteiger partial charge in [-0.1, -0.05) is 49.6 Å². The van der Waals surface area contributed by atoms with Crippen LogP contribution in [0.5, 0.6) is 0 Å². The molecular formula is C26H37N3O5. The van der Waals surface area contributed by atoms with Crippen molar-refractivity contribution in [2.75, 3.05) is 6.54 Å². The molecule has 1 aliphatic heterocycles. The van der Waals surface area contributed by atoms with Crippen molar-refractivity contribution in [2.45, 2.75) is 95.9 Å². The lowest BCUT2D eigenvalue weighted by molar-refractivity contribution is -0.145. The van der Waals surface area contributed by atoms with E-state index in [9.17, 15) is 19.2 Å². The molecule has 186 valence electrons. The number of ketones is 1. The fraction of sp³-hybridized carbons (Fsp3) is 0.615. The number of nitrogens with zero attached hydrogens (tertiary/aromatic N) is 1. The summed E-state index contributed by atoms with van der Waals surface area (Å²) in [5.41, 5.74) is 0.155. The van der Waals surface area contributed by atoms with Crippen molar-refractivity contribution < 1.29 is 23.9 Å². The van der Waals surface area contributed by atoms with Crippen LogP contribution in [0.15, 0.2) is 30.3 Å². The Kier molecular flexibility index (Phi) is 8.69. The second kappa shape index (κ2) is 11.5. The molecule has 3 rings (SSSR count). The molecule has 0 aromatic heterocycles. The van der Waals surface area contributed by atoms with Gasteiger partial charge in [0.25, 0.3) is 5.91 Å². The second-order valence-electron chi connectivity index (χ2n) is 10.3. The Morgan fingerprint density at radius 1 is 1.00 bits per heavy atom. The minimum atomic E-state index is -0.910. The number of likely N-dealkylation sites (tertiary alicyclic amines) is 1. The van der Waals surface area contributed by atoms with Gasteiger partial charge in [0.05, 0.1) is 0 Å². The number of nitrogens with one attached hydrogen (secondary N) is 2. The van der Waals surface area contributed by atoms with E-state index >= 15 is 0 Å². The molecule has 2 N–H and O–H groups in total. The van der Waals surface area contributed by atoms with Gasteiger partial charge in [-0.25, -0.2) is 4.79 Å². The first kappa shape index (κ1) is 25.7. The highest BCUT2D eigenvalue weighted by Crippen LogP contribution is 2.22. The number of Topliss-reactive ketones (excluding diaryl/α,β-unsaturated/α-hetero) is 1. The van der Waals surface area contributed by atoms with E-state index in [1.165, 1.54) is 4.90 Å². The molecule has 1 saturated carbocycles. The van der Waals surface area contributed by atoms with Crippen LogP contribution in [0.25, 0.3) is 0 Å². The molecule has 1 saturated heterocycles. The Morgan fingerprint density at radius 3 is 2.32 bits per heavy atom. The summed E-state index contributed by atoms with van der Waals surface area (Å²) in [6, 6.07) is 7.66. The predicted molar refractivity (Wildman–Crippen MR) is 128 cm³/mol. The van der Waals surface area contributed by atoms with Crippen LogP contribution in [0.2, 0.25) is 0 Å². The van der Waals surface area contributed by atoms with Crippen molar-refractivity contribution in [3.05, 3.63) is 35.9 Å². The molecule has 1 heterocycles. The van der Waals surface area contributed by atoms with Gasteiger partial charge in [0.1, 0.15) is 17.7 Å². The van der Waals surface area contributed by atoms with E-state index in [0.717, 1.165) is 37.7 Å². The highest BCUT2D eigenvalue weighted by Gasteiger charge is 2.40. The van der Waals surface area contributed by atoms with Crippen LogP contribution in [0.1, 0.15) is 71.3 Å². The Morgan fingerprint density at radius 2 is 1.68 bits per heavy atom. The first-order chi connectivity index (χ1) is 16.1. The van der Waals surface area contributed by atoms with Crippen LogP contribution in [0, 0.1) is 0 Å². The zero-order valence-corrected chi connectivity index (χ0v) is 20.5. The summed E-state index contributed by atoms with van der Waals surface area (Å²) in [4.78, 5) is 53.2. The molecule has 2 atom stereocenters. The smallest absolute Gasteiger partial charge is 0.408 e. The highest BCUT2D eigenvalue weighted by molar-refractivity contribution is 6.38. The maximum atomic E-state index is 13.6. The summed E-state index contributed by atoms with van der Waals surface area (Å²) in [6.07, 6.45) is 5.63. The molecule has 34 heavy (non-hydrogen) atoms. The number of rotatable bonds is 7. The monoisotopic (exact) mass is 471 g/mol. The van der Waals surface area contributed by atoms with Gasteiger partial charge >= 0.3 is 6.09 Å². The van der Waals surface area contributed by atoms with Crippen molar-refractivity contribution in [3.8, 4) is 0 Å². The fourth-order valence-electron chi connectivity index (χ4n) is 4.66. The molecule has 8 nitrogen and oxygen atoms in total. The molecule has 2 fully saturated rings. The van der Waals surface area contributed by atoms with Gasteiger partial charge in [-0.15, -0.1) is 0 Å². The van der Waals surface area contributed by atoms with E-state index in [-0.39, 0.29) is 18.4 Å². The lowest BCUT2D eigenvalue weighted by Gasteiger charge is -2.30. The van der Waals surface area contributed by atoms with E-state index in [4.69, 9.17) is 4.74 Å². The summed E-state index contributed by atoms with van der Waals surface area (Å²) >= 11 is 0. The van der Waals surface area contributed by atoms with E-state index in [1.54, 1.807) is 20.8 Å². The second-order valence-corrected chi connectivity index (χ2v) is 10.3. The van der Waals surface area contributed by atoms with Crippen LogP contribution in [0.4, 0.5) is 4.79 Å². The molecule has 0 spiro atoms. The molecule has 2 aliphatic rings. The van der Waals surface area contributed by atoms with Gasteiger partial charge in [0, 0.05) is 19.0 Å². The predicted octanol–water partition coefficient (Wildman–Crippen LogP) is 3.13. The lowest BCUT2D eigenvalue weighted by Crippen LogP contribution is -2.55. The van der Waals surface area contributed by atoms with Gasteiger partial charge in [0.15, 0.2) is 0 Å². The summed E-state index contributed by atoms with van der Waals surface area (Å²) in [5.74, 6) is -1.57. The molecular weight excluding hydrogens is 434 g/mol. The average Bonchev–Trinajstić information content (AvgIpc) is 3.27. The van der Waals surface area contributed by atoms with Crippen LogP contribution in [-0.2, 0) is 25.5 Å². The Bertz CT molecular complexity index is 874. The number of hydrogen-bond donors (Lipinski definition) is 2. The average molecular weight is 472 g/mol. The number of carbonyl (C=O) groups excluding carboxylic acids is 4. The van der Waals surface area contributed by atoms with Crippen LogP contribution < -0.4 is 10.6 Å². The van der Waals surface area contributed by atoms with Crippen LogP contribution in [-0.4, -0.2) is 58.9 Å². The number of carbonyl (C=O) groups is 4. The van der Waals surface area contributed by atoms with Gasteiger partial charge in [0.2, 0.25) is 11.7 Å². The maximum absolute atomic E-state index is 13.6. The Balaban J connectivity index is 1.71. The molecule has 0 bridgehead atoms. The third kappa shape index (κ3) is 7.30. The number of alkyl carbamates (subject to hydrolysis) is 1. The number of benzene rings is 1. The topological polar surface area (TPSA) is 105 Å². The summed E-state index contributed by atoms with van der Waals surface area (Å²) < 4.78 is 5.36. The van der Waals surface area contributed by atoms with E-state index in [1.807, 2.05) is 30.3 Å². The molecule has 1 unspecified atom stereocenters. The summed E-state index contributed by atoms with van der Waals surface area (Å²) in [7, 11) is 0. The first-order valence-electron chi connectivity index (χ1n) is 12.3. The van der Waals surface area contributed by atoms with Gasteiger partial charge < -0.3 is 20.3 Å². The van der Waals surface area contributed by atoms with E-state index in [2.05, 4.69) is 10.6 Å². The minimum absolute atomic E-state index is 0.0235. The highest BCUT2D eigenvalue weighted by atomic mass is 16.6. The SMILES string of the molecule is CC(C)(C)OC(=O)N[C@@H](Cc1ccccc1)C(=O)N1CCCC1C(=O)C(=O)NC1CCCCC1. The third-order valence-electron chi connectivity index (χ3n) is 6.27. The zero-order valence-electron chi connectivity index (χ0n) is 20.5. The standard InChI is InChI=1S/C26H37N3O5/c1-26(2,3)34-25(33)28-20(17-18-11-6-4-7-12-18)24(32)29-16-10-15-21(29)22(30)23(31)27-19-13-8-5-9-14-19/h4,6-7,11-12,19-21H,5,8-10,13-17H2,1-3H3,(H,27,31)(H,28,33)/t20-,21?/m0/s1. The fourth-order valence-corrected chi connectivity index (χ4v) is 4.66. The Labute approximate surface area is 201 Å². The first-order valence-corrected chi connectivity index (χ1v) is 12.3. The van der Waals surface area contributed by atoms with E-state index in [0.29, 0.717) is 19.4 Å². The van der Waals surface area contributed by atoms with Gasteiger partial charge in [-0.05, 0) is 52.0 Å². The third-order valence-corrected chi connectivity index (χ3v) is 6.27. The van der Waals surface area contributed by atoms with Gasteiger partial charge in [-0.2, -0.15) is 0 Å². The molecule has 1 aromatic carbocycles. The zero-order chi connectivity index (χ0) is 24.7. The van der Waals surface area contributed by atoms with E-state index < -0.39 is 35.5 Å². The van der Waals surface area contributed by atoms with Crippen LogP contribution in [0.3, 0.4) is 0 Å². The lowest BCUT2D eigenvalue weighted by atomic mass is 9.95. The summed E-state index contributed by atoms with van der Waals surface area (Å²) in [6.45, 7) is 5.62. The number of amides is 3. The molecule has 1 aliphatic carbocycles. The quantitative estimate of drug-likeness (QED) is 0.595. The summed E-state index contributed by atoms with van der Waals surface area (Å²) in [5, 5.41) is 5.55. The normalized spacial score (nSPS) is 19.9. The minimum Gasteiger partial charge on any atom is -0.444 e. The maximum Gasteiger partial charge on any atom is 0.408 e. The molecule has 1 aromatic rings. The van der Waals surface area contributed by atoms with Gasteiger partial charge in [-0.3, -0.25) is 14.4 Å².